The quantitative estimate of drug-likeness (QED) is 0.741. The first-order valence-corrected chi connectivity index (χ1v) is 8.85. The number of thioether (sulfide) groups is 1. The van der Waals surface area contributed by atoms with Crippen LogP contribution < -0.4 is 0 Å². The Morgan fingerprint density at radius 3 is 2.48 bits per heavy atom. The molecule has 0 unspecified atom stereocenters. The fourth-order valence-electron chi connectivity index (χ4n) is 2.79. The first-order chi connectivity index (χ1) is 12.2. The highest BCUT2D eigenvalue weighted by Gasteiger charge is 2.23. The lowest BCUT2D eigenvalue weighted by Crippen LogP contribution is -2.16. The highest BCUT2D eigenvalue weighted by Crippen LogP contribution is 2.40. The van der Waals surface area contributed by atoms with Gasteiger partial charge < -0.3 is 4.90 Å². The molecule has 0 atom stereocenters. The van der Waals surface area contributed by atoms with Gasteiger partial charge in [-0.05, 0) is 25.0 Å². The first kappa shape index (κ1) is 16.9. The lowest BCUT2D eigenvalue weighted by Gasteiger charge is -2.19. The van der Waals surface area contributed by atoms with Crippen LogP contribution >= 0.6 is 11.8 Å². The Bertz CT molecular complexity index is 914. The summed E-state index contributed by atoms with van der Waals surface area (Å²) in [6.45, 7) is 2.84. The van der Waals surface area contributed by atoms with Gasteiger partial charge in [0, 0.05) is 23.2 Å². The summed E-state index contributed by atoms with van der Waals surface area (Å²) in [4.78, 5) is 3.27. The van der Waals surface area contributed by atoms with Crippen molar-refractivity contribution in [2.75, 3.05) is 6.54 Å². The predicted octanol–water partition coefficient (Wildman–Crippen LogP) is 4.90. The van der Waals surface area contributed by atoms with Gasteiger partial charge in [-0.15, -0.1) is 0 Å². The third-order valence-corrected chi connectivity index (χ3v) is 5.04. The third kappa shape index (κ3) is 3.76. The molecule has 1 aliphatic heterocycles. The highest BCUT2D eigenvalue weighted by atomic mass is 32.2. The fourth-order valence-corrected chi connectivity index (χ4v) is 3.80. The van der Waals surface area contributed by atoms with E-state index >= 15 is 0 Å². The zero-order chi connectivity index (χ0) is 17.6. The highest BCUT2D eigenvalue weighted by molar-refractivity contribution is 8.07. The molecule has 0 spiro atoms. The van der Waals surface area contributed by atoms with Gasteiger partial charge in [-0.25, -0.2) is 0 Å². The summed E-state index contributed by atoms with van der Waals surface area (Å²) < 4.78 is 0. The van der Waals surface area contributed by atoms with Gasteiger partial charge in [0.1, 0.15) is 6.07 Å². The maximum atomic E-state index is 9.77. The van der Waals surface area contributed by atoms with Crippen LogP contribution in [0.2, 0.25) is 0 Å². The second kappa shape index (κ2) is 7.75. The van der Waals surface area contributed by atoms with E-state index in [0.717, 1.165) is 22.9 Å². The number of allylic oxidation sites excluding steroid dienone is 2. The molecule has 3 nitrogen and oxygen atoms in total. The van der Waals surface area contributed by atoms with E-state index in [4.69, 9.17) is 0 Å². The summed E-state index contributed by atoms with van der Waals surface area (Å²) in [6.07, 6.45) is 2.97. The van der Waals surface area contributed by atoms with Crippen LogP contribution in [0.3, 0.4) is 0 Å². The van der Waals surface area contributed by atoms with Crippen molar-refractivity contribution >= 4 is 17.3 Å². The number of nitrogens with zero attached hydrogens (tertiary/aromatic N) is 3. The minimum Gasteiger partial charge on any atom is -0.340 e. The summed E-state index contributed by atoms with van der Waals surface area (Å²) in [5.74, 6) is 0. The van der Waals surface area contributed by atoms with Crippen molar-refractivity contribution in [3.8, 4) is 12.1 Å². The average Bonchev–Trinajstić information content (AvgIpc) is 3.02. The van der Waals surface area contributed by atoms with E-state index < -0.39 is 0 Å². The Balaban J connectivity index is 1.94. The molecule has 122 valence electrons. The molecule has 1 aliphatic rings. The van der Waals surface area contributed by atoms with E-state index in [2.05, 4.69) is 35.4 Å². The number of nitriles is 2. The van der Waals surface area contributed by atoms with Gasteiger partial charge in [-0.1, -0.05) is 60.3 Å². The molecule has 1 heterocycles. The molecule has 0 aromatic heterocycles. The van der Waals surface area contributed by atoms with E-state index in [1.807, 2.05) is 43.3 Å². The second-order valence-corrected chi connectivity index (χ2v) is 6.95. The first-order valence-electron chi connectivity index (χ1n) is 8.03. The number of rotatable bonds is 4. The lowest BCUT2D eigenvalue weighted by molar-refractivity contribution is 0.504. The molecule has 2 aromatic rings. The van der Waals surface area contributed by atoms with Crippen molar-refractivity contribution in [1.82, 2.24) is 4.90 Å². The van der Waals surface area contributed by atoms with Crippen LogP contribution in [-0.4, -0.2) is 11.4 Å². The summed E-state index contributed by atoms with van der Waals surface area (Å²) in [6, 6.07) is 22.1. The molecule has 0 saturated heterocycles. The number of hydrogen-bond acceptors (Lipinski definition) is 4. The predicted molar refractivity (Wildman–Crippen MR) is 102 cm³/mol. The van der Waals surface area contributed by atoms with Gasteiger partial charge in [0.15, 0.2) is 0 Å². The Kier molecular flexibility index (Phi) is 5.23. The number of hydrogen-bond donors (Lipinski definition) is 0. The smallest absolute Gasteiger partial charge is 0.103 e. The van der Waals surface area contributed by atoms with Crippen LogP contribution in [0.5, 0.6) is 0 Å². The molecular weight excluding hydrogens is 326 g/mol. The summed E-state index contributed by atoms with van der Waals surface area (Å²) in [7, 11) is 0. The van der Waals surface area contributed by atoms with Crippen molar-refractivity contribution in [2.45, 2.75) is 13.3 Å². The molecule has 0 amide bonds. The van der Waals surface area contributed by atoms with Gasteiger partial charge in [0.05, 0.1) is 22.2 Å². The average molecular weight is 343 g/mol. The maximum absolute atomic E-state index is 9.77. The minimum absolute atomic E-state index is 0.528. The Morgan fingerprint density at radius 1 is 1.04 bits per heavy atom. The van der Waals surface area contributed by atoms with Gasteiger partial charge in [-0.3, -0.25) is 0 Å². The fraction of sp³-hybridized carbons (Fsp3) is 0.143. The Morgan fingerprint density at radius 2 is 1.76 bits per heavy atom. The molecule has 25 heavy (non-hydrogen) atoms. The molecule has 0 fully saturated rings. The largest absolute Gasteiger partial charge is 0.340 e. The molecule has 4 heteroatoms. The Labute approximate surface area is 152 Å². The van der Waals surface area contributed by atoms with Crippen molar-refractivity contribution < 1.29 is 0 Å². The molecular formula is C21H17N3S. The van der Waals surface area contributed by atoms with Crippen LogP contribution in [0.4, 0.5) is 0 Å². The van der Waals surface area contributed by atoms with E-state index in [9.17, 15) is 10.5 Å². The molecule has 0 aliphatic carbocycles. The van der Waals surface area contributed by atoms with Gasteiger partial charge in [-0.2, -0.15) is 10.5 Å². The summed E-state index contributed by atoms with van der Waals surface area (Å²) >= 11 is 1.59. The van der Waals surface area contributed by atoms with Crippen molar-refractivity contribution in [3.05, 3.63) is 87.4 Å². The van der Waals surface area contributed by atoms with E-state index in [1.165, 1.54) is 5.56 Å². The van der Waals surface area contributed by atoms with Crippen LogP contribution in [0.1, 0.15) is 23.6 Å². The zero-order valence-corrected chi connectivity index (χ0v) is 14.8. The van der Waals surface area contributed by atoms with E-state index in [0.29, 0.717) is 16.7 Å². The lowest BCUT2D eigenvalue weighted by atomic mass is 10.0. The van der Waals surface area contributed by atoms with Crippen molar-refractivity contribution in [2.24, 2.45) is 0 Å². The van der Waals surface area contributed by atoms with Crippen LogP contribution in [0, 0.1) is 22.7 Å². The molecule has 3 rings (SSSR count). The normalized spacial score (nSPS) is 15.3. The van der Waals surface area contributed by atoms with Crippen molar-refractivity contribution in [3.63, 3.8) is 0 Å². The topological polar surface area (TPSA) is 50.8 Å². The zero-order valence-electron chi connectivity index (χ0n) is 13.9. The summed E-state index contributed by atoms with van der Waals surface area (Å²) in [5, 5.41) is 20.0. The Hall–Kier alpha value is -2.95. The molecule has 0 bridgehead atoms. The van der Waals surface area contributed by atoms with Gasteiger partial charge in [0.2, 0.25) is 0 Å². The molecule has 0 radical (unpaired) electrons. The van der Waals surface area contributed by atoms with Crippen molar-refractivity contribution in [1.29, 1.82) is 10.5 Å². The second-order valence-electron chi connectivity index (χ2n) is 5.72. The SMILES string of the molecule is CC1=CN(CCc2ccccc2)/C(=C(\C#N)c2ccccc2C#N)S1. The summed E-state index contributed by atoms with van der Waals surface area (Å²) in [5.41, 5.74) is 3.05. The third-order valence-electron chi connectivity index (χ3n) is 3.98. The van der Waals surface area contributed by atoms with Gasteiger partial charge >= 0.3 is 0 Å². The molecule has 2 aromatic carbocycles. The minimum atomic E-state index is 0.528. The molecule has 0 N–H and O–H groups in total. The van der Waals surface area contributed by atoms with Crippen LogP contribution in [0.25, 0.3) is 5.57 Å². The monoisotopic (exact) mass is 343 g/mol. The molecule has 0 saturated carbocycles. The van der Waals surface area contributed by atoms with E-state index in [-0.39, 0.29) is 0 Å². The number of benzene rings is 2. The standard InChI is InChI=1S/C21H17N3S/c1-16-15-24(12-11-17-7-3-2-4-8-17)21(25-16)20(14-23)19-10-6-5-9-18(19)13-22/h2-10,15H,11-12H2,1H3/b21-20-. The van der Waals surface area contributed by atoms with Crippen LogP contribution in [-0.2, 0) is 6.42 Å². The van der Waals surface area contributed by atoms with Gasteiger partial charge in [0.25, 0.3) is 0 Å². The maximum Gasteiger partial charge on any atom is 0.103 e. The van der Waals surface area contributed by atoms with E-state index in [1.54, 1.807) is 17.8 Å². The van der Waals surface area contributed by atoms with Crippen LogP contribution in [0.15, 0.2) is 70.7 Å².